The first-order valence-corrected chi connectivity index (χ1v) is 7.52. The molecule has 7 nitrogen and oxygen atoms in total. The number of hydrogen-bond acceptors (Lipinski definition) is 5. The second-order valence-corrected chi connectivity index (χ2v) is 6.39. The molecule has 0 saturated heterocycles. The predicted octanol–water partition coefficient (Wildman–Crippen LogP) is 2.90. The first-order valence-electron chi connectivity index (χ1n) is 7.52. The third-order valence-corrected chi connectivity index (χ3v) is 2.84. The van der Waals surface area contributed by atoms with Crippen LogP contribution in [0, 0.1) is 0 Å². The largest absolute Gasteiger partial charge is 0.350 e. The Labute approximate surface area is 140 Å². The summed E-state index contributed by atoms with van der Waals surface area (Å²) >= 11 is 0. The highest BCUT2D eigenvalue weighted by atomic mass is 16.2. The van der Waals surface area contributed by atoms with Gasteiger partial charge in [0.2, 0.25) is 11.9 Å². The second kappa shape index (κ2) is 7.08. The summed E-state index contributed by atoms with van der Waals surface area (Å²) in [5.41, 5.74) is 1.37. The summed E-state index contributed by atoms with van der Waals surface area (Å²) in [5.74, 6) is -0.0298. The molecule has 2 rings (SSSR count). The Morgan fingerprint density at radius 3 is 2.12 bits per heavy atom. The minimum Gasteiger partial charge on any atom is -0.350 e. The molecule has 0 saturated carbocycles. The fourth-order valence-corrected chi connectivity index (χ4v) is 1.93. The number of amides is 2. The number of aromatic nitrogens is 2. The predicted molar refractivity (Wildman–Crippen MR) is 94.1 cm³/mol. The van der Waals surface area contributed by atoms with E-state index in [-0.39, 0.29) is 17.4 Å². The minimum atomic E-state index is -0.322. The van der Waals surface area contributed by atoms with E-state index in [2.05, 4.69) is 25.9 Å². The lowest BCUT2D eigenvalue weighted by atomic mass is 10.1. The zero-order chi connectivity index (χ0) is 17.7. The van der Waals surface area contributed by atoms with Crippen LogP contribution < -0.4 is 16.0 Å². The van der Waals surface area contributed by atoms with Crippen molar-refractivity contribution in [1.82, 2.24) is 9.97 Å². The Bertz CT molecular complexity index is 735. The molecule has 0 radical (unpaired) electrons. The topological polar surface area (TPSA) is 96.0 Å². The SMILES string of the molecule is CC(=O)Nc1cccc(NC(=O)c2cnc(NC(C)(C)C)nc2)c1. The highest BCUT2D eigenvalue weighted by Gasteiger charge is 2.12. The van der Waals surface area contributed by atoms with Crippen molar-refractivity contribution in [3.05, 3.63) is 42.2 Å². The molecule has 0 aliphatic rings. The summed E-state index contributed by atoms with van der Waals surface area (Å²) in [5, 5.41) is 8.54. The van der Waals surface area contributed by atoms with Crippen molar-refractivity contribution in [2.24, 2.45) is 0 Å². The Morgan fingerprint density at radius 2 is 1.58 bits per heavy atom. The van der Waals surface area contributed by atoms with Gasteiger partial charge in [0.1, 0.15) is 0 Å². The quantitative estimate of drug-likeness (QED) is 0.802. The van der Waals surface area contributed by atoms with E-state index in [1.54, 1.807) is 24.3 Å². The monoisotopic (exact) mass is 327 g/mol. The maximum Gasteiger partial charge on any atom is 0.258 e. The first kappa shape index (κ1) is 17.4. The Hall–Kier alpha value is -2.96. The van der Waals surface area contributed by atoms with Crippen molar-refractivity contribution in [2.75, 3.05) is 16.0 Å². The van der Waals surface area contributed by atoms with Crippen LogP contribution in [0.15, 0.2) is 36.7 Å². The highest BCUT2D eigenvalue weighted by Crippen LogP contribution is 2.16. The lowest BCUT2D eigenvalue weighted by Gasteiger charge is -2.20. The highest BCUT2D eigenvalue weighted by molar-refractivity contribution is 6.04. The number of nitrogens with zero attached hydrogens (tertiary/aromatic N) is 2. The van der Waals surface area contributed by atoms with E-state index in [9.17, 15) is 9.59 Å². The molecule has 24 heavy (non-hydrogen) atoms. The number of hydrogen-bond donors (Lipinski definition) is 3. The van der Waals surface area contributed by atoms with E-state index in [0.717, 1.165) is 0 Å². The smallest absolute Gasteiger partial charge is 0.258 e. The number of anilines is 3. The molecule has 1 heterocycles. The molecule has 0 aliphatic heterocycles. The van der Waals surface area contributed by atoms with E-state index >= 15 is 0 Å². The van der Waals surface area contributed by atoms with Gasteiger partial charge in [-0.25, -0.2) is 9.97 Å². The molecule has 0 spiro atoms. The number of carbonyl (C=O) groups is 2. The van der Waals surface area contributed by atoms with Gasteiger partial charge in [-0.05, 0) is 39.0 Å². The van der Waals surface area contributed by atoms with Gasteiger partial charge < -0.3 is 16.0 Å². The molecule has 7 heteroatoms. The molecule has 3 N–H and O–H groups in total. The Morgan fingerprint density at radius 1 is 1.00 bits per heavy atom. The molecule has 0 aliphatic carbocycles. The van der Waals surface area contributed by atoms with Crippen LogP contribution in [0.3, 0.4) is 0 Å². The molecule has 0 atom stereocenters. The summed E-state index contributed by atoms with van der Waals surface area (Å²) in [6.45, 7) is 7.42. The molecular weight excluding hydrogens is 306 g/mol. The van der Waals surface area contributed by atoms with Crippen LogP contribution >= 0.6 is 0 Å². The van der Waals surface area contributed by atoms with Crippen molar-refractivity contribution in [2.45, 2.75) is 33.2 Å². The molecule has 126 valence electrons. The Kier molecular flexibility index (Phi) is 5.13. The van der Waals surface area contributed by atoms with Crippen LogP contribution in [0.2, 0.25) is 0 Å². The van der Waals surface area contributed by atoms with Gasteiger partial charge in [0.05, 0.1) is 5.56 Å². The minimum absolute atomic E-state index is 0.159. The van der Waals surface area contributed by atoms with Crippen LogP contribution in [-0.2, 0) is 4.79 Å². The number of nitrogens with one attached hydrogen (secondary N) is 3. The van der Waals surface area contributed by atoms with Crippen LogP contribution in [0.25, 0.3) is 0 Å². The summed E-state index contributed by atoms with van der Waals surface area (Å²) in [4.78, 5) is 31.6. The third kappa shape index (κ3) is 5.35. The van der Waals surface area contributed by atoms with Crippen molar-refractivity contribution < 1.29 is 9.59 Å². The average Bonchev–Trinajstić information content (AvgIpc) is 2.46. The molecular formula is C17H21N5O2. The number of carbonyl (C=O) groups excluding carboxylic acids is 2. The average molecular weight is 327 g/mol. The van der Waals surface area contributed by atoms with Gasteiger partial charge in [-0.3, -0.25) is 9.59 Å². The van der Waals surface area contributed by atoms with Crippen LogP contribution in [0.1, 0.15) is 38.1 Å². The molecule has 0 bridgehead atoms. The number of rotatable bonds is 4. The maximum absolute atomic E-state index is 12.2. The second-order valence-electron chi connectivity index (χ2n) is 6.39. The molecule has 2 amide bonds. The number of benzene rings is 1. The van der Waals surface area contributed by atoms with Gasteiger partial charge in [-0.15, -0.1) is 0 Å². The van der Waals surface area contributed by atoms with Crippen molar-refractivity contribution in [1.29, 1.82) is 0 Å². The standard InChI is InChI=1S/C17H21N5O2/c1-11(23)20-13-6-5-7-14(8-13)21-15(24)12-9-18-16(19-10-12)22-17(2,3)4/h5-10H,1-4H3,(H,20,23)(H,21,24)(H,18,19,22). The zero-order valence-corrected chi connectivity index (χ0v) is 14.2. The zero-order valence-electron chi connectivity index (χ0n) is 14.2. The van der Waals surface area contributed by atoms with Gasteiger partial charge in [0.15, 0.2) is 0 Å². The molecule has 2 aromatic rings. The lowest BCUT2D eigenvalue weighted by molar-refractivity contribution is -0.114. The van der Waals surface area contributed by atoms with Crippen LogP contribution in [0.4, 0.5) is 17.3 Å². The van der Waals surface area contributed by atoms with Gasteiger partial charge >= 0.3 is 0 Å². The molecule has 0 fully saturated rings. The lowest BCUT2D eigenvalue weighted by Crippen LogP contribution is -2.27. The van der Waals surface area contributed by atoms with Crippen molar-refractivity contribution in [3.8, 4) is 0 Å². The van der Waals surface area contributed by atoms with Gasteiger partial charge in [-0.1, -0.05) is 6.07 Å². The third-order valence-electron chi connectivity index (χ3n) is 2.84. The van der Waals surface area contributed by atoms with E-state index in [1.807, 2.05) is 20.8 Å². The van der Waals surface area contributed by atoms with E-state index in [4.69, 9.17) is 0 Å². The summed E-state index contributed by atoms with van der Waals surface area (Å²) < 4.78 is 0. The fourth-order valence-electron chi connectivity index (χ4n) is 1.93. The maximum atomic E-state index is 12.2. The van der Waals surface area contributed by atoms with Gasteiger partial charge in [0.25, 0.3) is 5.91 Å². The summed E-state index contributed by atoms with van der Waals surface area (Å²) in [7, 11) is 0. The first-order chi connectivity index (χ1) is 11.2. The van der Waals surface area contributed by atoms with Crippen molar-refractivity contribution >= 4 is 29.1 Å². The normalized spacial score (nSPS) is 10.8. The van der Waals surface area contributed by atoms with Crippen LogP contribution in [-0.4, -0.2) is 27.3 Å². The van der Waals surface area contributed by atoms with E-state index in [1.165, 1.54) is 19.3 Å². The molecule has 1 aromatic carbocycles. The summed E-state index contributed by atoms with van der Waals surface area (Å²) in [6, 6.07) is 6.90. The Balaban J connectivity index is 2.06. The molecule has 1 aromatic heterocycles. The van der Waals surface area contributed by atoms with E-state index in [0.29, 0.717) is 22.9 Å². The van der Waals surface area contributed by atoms with Gasteiger partial charge in [-0.2, -0.15) is 0 Å². The molecule has 0 unspecified atom stereocenters. The van der Waals surface area contributed by atoms with Crippen LogP contribution in [0.5, 0.6) is 0 Å². The fraction of sp³-hybridized carbons (Fsp3) is 0.294. The van der Waals surface area contributed by atoms with E-state index < -0.39 is 0 Å². The van der Waals surface area contributed by atoms with Gasteiger partial charge in [0, 0.05) is 36.2 Å². The van der Waals surface area contributed by atoms with Crippen molar-refractivity contribution in [3.63, 3.8) is 0 Å². The summed E-state index contributed by atoms with van der Waals surface area (Å²) in [6.07, 6.45) is 2.93.